The lowest BCUT2D eigenvalue weighted by Crippen LogP contribution is -2.07. The molecule has 5 nitrogen and oxygen atoms in total. The molecule has 0 atom stereocenters. The molecule has 0 bridgehead atoms. The first kappa shape index (κ1) is 12.5. The lowest BCUT2D eigenvalue weighted by Gasteiger charge is -2.04. The number of nitrogens with zero attached hydrogens (tertiary/aromatic N) is 4. The lowest BCUT2D eigenvalue weighted by molar-refractivity contribution is 0.112. The van der Waals surface area contributed by atoms with E-state index in [4.69, 9.17) is 0 Å². The zero-order chi connectivity index (χ0) is 13.3. The van der Waals surface area contributed by atoms with E-state index in [0.717, 1.165) is 23.4 Å². The monoisotopic (exact) mass is 246 g/mol. The van der Waals surface area contributed by atoms with Crippen LogP contribution in [0.4, 0.5) is 0 Å². The van der Waals surface area contributed by atoms with E-state index in [0.29, 0.717) is 18.2 Å². The van der Waals surface area contributed by atoms with Gasteiger partial charge < -0.3 is 0 Å². The van der Waals surface area contributed by atoms with Gasteiger partial charge in [0.2, 0.25) is 0 Å². The molecule has 0 saturated heterocycles. The molecule has 0 aliphatic heterocycles. The molecule has 0 N–H and O–H groups in total. The van der Waals surface area contributed by atoms with Crippen molar-refractivity contribution in [1.82, 2.24) is 19.6 Å². The summed E-state index contributed by atoms with van der Waals surface area (Å²) in [5, 5.41) is 8.84. The average Bonchev–Trinajstić information content (AvgIpc) is 2.86. The Morgan fingerprint density at radius 2 is 2.06 bits per heavy atom. The molecule has 2 heterocycles. The van der Waals surface area contributed by atoms with Gasteiger partial charge in [-0.3, -0.25) is 14.2 Å². The van der Waals surface area contributed by atoms with Crippen LogP contribution in [0.15, 0.2) is 12.3 Å². The maximum absolute atomic E-state index is 10.9. The summed E-state index contributed by atoms with van der Waals surface area (Å²) in [7, 11) is 0. The first-order valence-corrected chi connectivity index (χ1v) is 6.06. The number of hydrogen-bond acceptors (Lipinski definition) is 3. The Kier molecular flexibility index (Phi) is 3.32. The smallest absolute Gasteiger partial charge is 0.153 e. The highest BCUT2D eigenvalue weighted by Crippen LogP contribution is 2.12. The fourth-order valence-electron chi connectivity index (χ4n) is 1.94. The zero-order valence-corrected chi connectivity index (χ0v) is 11.2. The second-order valence-electron chi connectivity index (χ2n) is 4.74. The largest absolute Gasteiger partial charge is 0.298 e. The highest BCUT2D eigenvalue weighted by Gasteiger charge is 2.11. The van der Waals surface area contributed by atoms with Gasteiger partial charge in [-0.15, -0.1) is 0 Å². The van der Waals surface area contributed by atoms with Crippen LogP contribution in [0.2, 0.25) is 0 Å². The molecule has 2 aromatic rings. The van der Waals surface area contributed by atoms with Crippen LogP contribution in [0, 0.1) is 13.8 Å². The number of hydrogen-bond donors (Lipinski definition) is 0. The molecule has 0 saturated carbocycles. The molecule has 0 aromatic carbocycles. The highest BCUT2D eigenvalue weighted by molar-refractivity contribution is 5.78. The minimum Gasteiger partial charge on any atom is -0.298 e. The van der Waals surface area contributed by atoms with Crippen molar-refractivity contribution in [2.24, 2.45) is 0 Å². The zero-order valence-electron chi connectivity index (χ0n) is 11.2. The Bertz CT molecular complexity index is 566. The molecular weight excluding hydrogens is 228 g/mol. The van der Waals surface area contributed by atoms with Gasteiger partial charge in [0.05, 0.1) is 23.5 Å². The highest BCUT2D eigenvalue weighted by atomic mass is 16.1. The van der Waals surface area contributed by atoms with Crippen LogP contribution in [0.3, 0.4) is 0 Å². The first-order valence-electron chi connectivity index (χ1n) is 6.06. The van der Waals surface area contributed by atoms with Crippen molar-refractivity contribution < 1.29 is 4.79 Å². The fraction of sp³-hybridized carbons (Fsp3) is 0.462. The van der Waals surface area contributed by atoms with Gasteiger partial charge in [-0.25, -0.2) is 0 Å². The third kappa shape index (κ3) is 2.20. The molecule has 0 radical (unpaired) electrons. The summed E-state index contributed by atoms with van der Waals surface area (Å²) in [6.07, 6.45) is 2.83. The van der Waals surface area contributed by atoms with E-state index in [9.17, 15) is 4.79 Å². The molecule has 0 unspecified atom stereocenters. The Morgan fingerprint density at radius 3 is 2.56 bits per heavy atom. The summed E-state index contributed by atoms with van der Waals surface area (Å²) in [6.45, 7) is 8.53. The van der Waals surface area contributed by atoms with E-state index in [-0.39, 0.29) is 0 Å². The molecule has 96 valence electrons. The standard InChI is InChI=1S/C13H18N4O/c1-9(2)16-6-5-12(15-16)7-17-11(4)13(8-18)10(3)14-17/h5-6,8-9H,7H2,1-4H3. The van der Waals surface area contributed by atoms with Gasteiger partial charge in [0.25, 0.3) is 0 Å². The van der Waals surface area contributed by atoms with Crippen LogP contribution in [-0.4, -0.2) is 25.8 Å². The normalized spacial score (nSPS) is 11.2. The van der Waals surface area contributed by atoms with Crippen molar-refractivity contribution >= 4 is 6.29 Å². The summed E-state index contributed by atoms with van der Waals surface area (Å²) in [6, 6.07) is 2.33. The van der Waals surface area contributed by atoms with E-state index in [1.807, 2.05) is 35.5 Å². The van der Waals surface area contributed by atoms with Crippen LogP contribution in [0.25, 0.3) is 0 Å². The number of aromatic nitrogens is 4. The summed E-state index contributed by atoms with van der Waals surface area (Å²) in [4.78, 5) is 10.9. The van der Waals surface area contributed by atoms with E-state index in [2.05, 4.69) is 24.0 Å². The predicted octanol–water partition coefficient (Wildman–Crippen LogP) is 2.14. The molecule has 0 aliphatic rings. The van der Waals surface area contributed by atoms with Crippen molar-refractivity contribution in [3.8, 4) is 0 Å². The molecule has 0 amide bonds. The SMILES string of the molecule is Cc1nn(Cc2ccn(C(C)C)n2)c(C)c1C=O. The van der Waals surface area contributed by atoms with Crippen LogP contribution < -0.4 is 0 Å². The Balaban J connectivity index is 2.25. The first-order chi connectivity index (χ1) is 8.52. The van der Waals surface area contributed by atoms with Crippen LogP contribution in [-0.2, 0) is 6.54 Å². The number of aryl methyl sites for hydroxylation is 1. The van der Waals surface area contributed by atoms with E-state index >= 15 is 0 Å². The lowest BCUT2D eigenvalue weighted by atomic mass is 10.2. The second kappa shape index (κ2) is 4.76. The van der Waals surface area contributed by atoms with Crippen molar-refractivity contribution in [2.45, 2.75) is 40.3 Å². The van der Waals surface area contributed by atoms with Crippen LogP contribution >= 0.6 is 0 Å². The Hall–Kier alpha value is -1.91. The summed E-state index contributed by atoms with van der Waals surface area (Å²) in [5.41, 5.74) is 3.29. The van der Waals surface area contributed by atoms with Gasteiger partial charge in [-0.05, 0) is 33.8 Å². The molecule has 2 rings (SSSR count). The Morgan fingerprint density at radius 1 is 1.33 bits per heavy atom. The van der Waals surface area contributed by atoms with Crippen LogP contribution in [0.1, 0.15) is 47.3 Å². The molecule has 0 aliphatic carbocycles. The van der Waals surface area contributed by atoms with Crippen LogP contribution in [0.5, 0.6) is 0 Å². The second-order valence-corrected chi connectivity index (χ2v) is 4.74. The maximum Gasteiger partial charge on any atom is 0.153 e. The van der Waals surface area contributed by atoms with Crippen molar-refractivity contribution in [3.63, 3.8) is 0 Å². The predicted molar refractivity (Wildman–Crippen MR) is 68.8 cm³/mol. The van der Waals surface area contributed by atoms with Gasteiger partial charge in [0.1, 0.15) is 0 Å². The van der Waals surface area contributed by atoms with E-state index in [1.54, 1.807) is 0 Å². The topological polar surface area (TPSA) is 52.7 Å². The Labute approximate surface area is 106 Å². The third-order valence-corrected chi connectivity index (χ3v) is 3.06. The summed E-state index contributed by atoms with van der Waals surface area (Å²) in [5.74, 6) is 0. The van der Waals surface area contributed by atoms with Crippen molar-refractivity contribution in [2.75, 3.05) is 0 Å². The molecule has 5 heteroatoms. The number of aldehydes is 1. The number of carbonyl (C=O) groups excluding carboxylic acids is 1. The van der Waals surface area contributed by atoms with Crippen molar-refractivity contribution in [3.05, 3.63) is 34.9 Å². The van der Waals surface area contributed by atoms with Gasteiger partial charge in [0.15, 0.2) is 6.29 Å². The molecule has 2 aromatic heterocycles. The molecular formula is C13H18N4O. The molecule has 0 spiro atoms. The average molecular weight is 246 g/mol. The van der Waals surface area contributed by atoms with Gasteiger partial charge >= 0.3 is 0 Å². The van der Waals surface area contributed by atoms with Gasteiger partial charge in [-0.2, -0.15) is 10.2 Å². The van der Waals surface area contributed by atoms with E-state index < -0.39 is 0 Å². The summed E-state index contributed by atoms with van der Waals surface area (Å²) >= 11 is 0. The third-order valence-electron chi connectivity index (χ3n) is 3.06. The molecule has 18 heavy (non-hydrogen) atoms. The van der Waals surface area contributed by atoms with Crippen molar-refractivity contribution in [1.29, 1.82) is 0 Å². The quantitative estimate of drug-likeness (QED) is 0.777. The number of rotatable bonds is 4. The minimum atomic E-state index is 0.352. The summed E-state index contributed by atoms with van der Waals surface area (Å²) < 4.78 is 3.74. The van der Waals surface area contributed by atoms with Gasteiger partial charge in [-0.1, -0.05) is 0 Å². The van der Waals surface area contributed by atoms with Gasteiger partial charge in [0, 0.05) is 17.9 Å². The maximum atomic E-state index is 10.9. The minimum absolute atomic E-state index is 0.352. The molecule has 0 fully saturated rings. The number of carbonyl (C=O) groups is 1. The van der Waals surface area contributed by atoms with E-state index in [1.165, 1.54) is 0 Å². The fourth-order valence-corrected chi connectivity index (χ4v) is 1.94.